The first-order valence-electron chi connectivity index (χ1n) is 13.9. The van der Waals surface area contributed by atoms with E-state index < -0.39 is 11.3 Å². The molecule has 210 valence electrons. The second kappa shape index (κ2) is 12.7. The summed E-state index contributed by atoms with van der Waals surface area (Å²) in [5.41, 5.74) is 2.36. The SMILES string of the molecule is CC[C@H](SC1=Nc2ccccc2C2=N[C@@H](CC(=O)NCc3ccc(OC)cc3)C(=O)N12)C(=O)NC1CCCCC1. The average Bonchev–Trinajstić information content (AvgIpc) is 3.31. The first kappa shape index (κ1) is 27.9. The average molecular weight is 562 g/mol. The van der Waals surface area contributed by atoms with Gasteiger partial charge in [-0.2, -0.15) is 0 Å². The molecule has 3 aliphatic rings. The number of carbonyl (C=O) groups excluding carboxylic acids is 3. The molecule has 2 N–H and O–H groups in total. The van der Waals surface area contributed by atoms with Crippen LogP contribution in [-0.4, -0.2) is 58.1 Å². The number of para-hydroxylation sites is 1. The molecule has 2 heterocycles. The van der Waals surface area contributed by atoms with E-state index >= 15 is 0 Å². The maximum absolute atomic E-state index is 13.6. The fourth-order valence-corrected chi connectivity index (χ4v) is 6.23. The number of hydrogen-bond donors (Lipinski definition) is 2. The van der Waals surface area contributed by atoms with Crippen LogP contribution in [0.4, 0.5) is 5.69 Å². The smallest absolute Gasteiger partial charge is 0.259 e. The standard InChI is InChI=1S/C30H35N5O4S/c1-3-25(28(37)32-20-9-5-4-6-10-20)40-30-34-23-12-8-7-11-22(23)27-33-24(29(38)35(27)30)17-26(36)31-18-19-13-15-21(39-2)16-14-19/h7-8,11-16,20,24-25H,3-6,9-10,17-18H2,1-2H3,(H,31,36)(H,32,37)/t24-,25-/m0/s1. The van der Waals surface area contributed by atoms with Gasteiger partial charge < -0.3 is 15.4 Å². The zero-order valence-corrected chi connectivity index (χ0v) is 23.7. The number of carbonyl (C=O) groups is 3. The Hall–Kier alpha value is -3.66. The number of ether oxygens (including phenoxy) is 1. The molecule has 0 unspecified atom stereocenters. The van der Waals surface area contributed by atoms with Crippen LogP contribution in [-0.2, 0) is 20.9 Å². The van der Waals surface area contributed by atoms with E-state index in [1.807, 2.05) is 55.5 Å². The third kappa shape index (κ3) is 6.22. The highest BCUT2D eigenvalue weighted by molar-refractivity contribution is 8.15. The van der Waals surface area contributed by atoms with E-state index in [-0.39, 0.29) is 30.2 Å². The van der Waals surface area contributed by atoms with Crippen molar-refractivity contribution < 1.29 is 19.1 Å². The zero-order chi connectivity index (χ0) is 28.1. The molecular formula is C30H35N5O4S. The molecule has 40 heavy (non-hydrogen) atoms. The summed E-state index contributed by atoms with van der Waals surface area (Å²) in [4.78, 5) is 50.6. The maximum Gasteiger partial charge on any atom is 0.259 e. The molecule has 0 bridgehead atoms. The molecule has 1 saturated carbocycles. The third-order valence-corrected chi connectivity index (χ3v) is 8.75. The Morgan fingerprint density at radius 2 is 1.85 bits per heavy atom. The summed E-state index contributed by atoms with van der Waals surface area (Å²) in [7, 11) is 1.60. The summed E-state index contributed by atoms with van der Waals surface area (Å²) in [5.74, 6) is 0.620. The predicted molar refractivity (Wildman–Crippen MR) is 157 cm³/mol. The Balaban J connectivity index is 1.29. The number of thioether (sulfide) groups is 1. The number of nitrogens with one attached hydrogen (secondary N) is 2. The molecule has 2 atom stereocenters. The van der Waals surface area contributed by atoms with Gasteiger partial charge in [-0.1, -0.05) is 62.2 Å². The summed E-state index contributed by atoms with van der Waals surface area (Å²) < 4.78 is 5.18. The minimum Gasteiger partial charge on any atom is -0.497 e. The van der Waals surface area contributed by atoms with Crippen molar-refractivity contribution in [3.63, 3.8) is 0 Å². The fraction of sp³-hybridized carbons (Fsp3) is 0.433. The van der Waals surface area contributed by atoms with Crippen LogP contribution < -0.4 is 15.4 Å². The summed E-state index contributed by atoms with van der Waals surface area (Å²) in [6.07, 6.45) is 6.01. The first-order chi connectivity index (χ1) is 19.5. The first-order valence-corrected chi connectivity index (χ1v) is 14.8. The van der Waals surface area contributed by atoms with Gasteiger partial charge in [-0.15, -0.1) is 0 Å². The molecule has 2 aromatic rings. The van der Waals surface area contributed by atoms with Gasteiger partial charge in [-0.25, -0.2) is 9.89 Å². The molecule has 0 aromatic heterocycles. The van der Waals surface area contributed by atoms with Crippen molar-refractivity contribution in [1.29, 1.82) is 0 Å². The molecular weight excluding hydrogens is 526 g/mol. The van der Waals surface area contributed by atoms with E-state index in [9.17, 15) is 14.4 Å². The van der Waals surface area contributed by atoms with Crippen LogP contribution in [0.5, 0.6) is 5.75 Å². The topological polar surface area (TPSA) is 112 Å². The van der Waals surface area contributed by atoms with Crippen molar-refractivity contribution in [2.45, 2.75) is 75.7 Å². The summed E-state index contributed by atoms with van der Waals surface area (Å²) in [5, 5.41) is 6.12. The Morgan fingerprint density at radius 3 is 2.58 bits per heavy atom. The third-order valence-electron chi connectivity index (χ3n) is 7.44. The van der Waals surface area contributed by atoms with Crippen LogP contribution in [0, 0.1) is 0 Å². The molecule has 0 saturated heterocycles. The van der Waals surface area contributed by atoms with E-state index in [4.69, 9.17) is 14.7 Å². The number of nitrogens with zero attached hydrogens (tertiary/aromatic N) is 3. The number of benzene rings is 2. The van der Waals surface area contributed by atoms with Crippen molar-refractivity contribution in [2.24, 2.45) is 9.98 Å². The van der Waals surface area contributed by atoms with E-state index in [2.05, 4.69) is 10.6 Å². The van der Waals surface area contributed by atoms with Crippen molar-refractivity contribution in [3.8, 4) is 5.75 Å². The number of amidine groups is 2. The van der Waals surface area contributed by atoms with Crippen LogP contribution in [0.3, 0.4) is 0 Å². The van der Waals surface area contributed by atoms with Crippen LogP contribution in [0.25, 0.3) is 0 Å². The molecule has 3 amide bonds. The number of hydrogen-bond acceptors (Lipinski definition) is 7. The monoisotopic (exact) mass is 561 g/mol. The van der Waals surface area contributed by atoms with Gasteiger partial charge in [0.15, 0.2) is 5.17 Å². The Labute approximate surface area is 238 Å². The Bertz CT molecular complexity index is 1320. The Morgan fingerprint density at radius 1 is 1.10 bits per heavy atom. The molecule has 10 heteroatoms. The van der Waals surface area contributed by atoms with E-state index in [0.29, 0.717) is 29.7 Å². The minimum atomic E-state index is -0.862. The lowest BCUT2D eigenvalue weighted by atomic mass is 9.95. The lowest BCUT2D eigenvalue weighted by Gasteiger charge is -2.29. The highest BCUT2D eigenvalue weighted by Gasteiger charge is 2.43. The van der Waals surface area contributed by atoms with Crippen LogP contribution in [0.2, 0.25) is 0 Å². The normalized spacial score (nSPS) is 19.2. The molecule has 0 spiro atoms. The number of amides is 3. The highest BCUT2D eigenvalue weighted by Crippen LogP contribution is 2.35. The van der Waals surface area contributed by atoms with Gasteiger partial charge in [0.05, 0.1) is 24.5 Å². The van der Waals surface area contributed by atoms with Gasteiger partial charge in [0.25, 0.3) is 5.91 Å². The molecule has 0 radical (unpaired) electrons. The lowest BCUT2D eigenvalue weighted by Crippen LogP contribution is -2.45. The van der Waals surface area contributed by atoms with Crippen LogP contribution in [0.15, 0.2) is 58.5 Å². The van der Waals surface area contributed by atoms with Gasteiger partial charge in [0.1, 0.15) is 17.6 Å². The maximum atomic E-state index is 13.6. The summed E-state index contributed by atoms with van der Waals surface area (Å²) >= 11 is 1.29. The van der Waals surface area contributed by atoms with Gasteiger partial charge >= 0.3 is 0 Å². The predicted octanol–water partition coefficient (Wildman–Crippen LogP) is 4.32. The van der Waals surface area contributed by atoms with Crippen LogP contribution >= 0.6 is 11.8 Å². The molecule has 2 aliphatic heterocycles. The number of aliphatic imine (C=N–C) groups is 2. The van der Waals surface area contributed by atoms with Crippen molar-refractivity contribution in [1.82, 2.24) is 15.5 Å². The number of methoxy groups -OCH3 is 1. The number of fused-ring (bicyclic) bond motifs is 3. The molecule has 1 fully saturated rings. The van der Waals surface area contributed by atoms with E-state index in [0.717, 1.165) is 42.6 Å². The van der Waals surface area contributed by atoms with Gasteiger partial charge in [0.2, 0.25) is 11.8 Å². The molecule has 5 rings (SSSR count). The van der Waals surface area contributed by atoms with Gasteiger partial charge in [0, 0.05) is 18.2 Å². The van der Waals surface area contributed by atoms with E-state index in [1.54, 1.807) is 7.11 Å². The van der Waals surface area contributed by atoms with E-state index in [1.165, 1.54) is 23.1 Å². The second-order valence-electron chi connectivity index (χ2n) is 10.2. The zero-order valence-electron chi connectivity index (χ0n) is 22.9. The minimum absolute atomic E-state index is 0.0273. The largest absolute Gasteiger partial charge is 0.497 e. The second-order valence-corrected chi connectivity index (χ2v) is 11.4. The Kier molecular flexibility index (Phi) is 8.84. The van der Waals surface area contributed by atoms with Crippen molar-refractivity contribution >= 4 is 46.2 Å². The number of rotatable bonds is 9. The lowest BCUT2D eigenvalue weighted by molar-refractivity contribution is -0.128. The van der Waals surface area contributed by atoms with Crippen molar-refractivity contribution in [3.05, 3.63) is 59.7 Å². The van der Waals surface area contributed by atoms with Gasteiger partial charge in [-0.3, -0.25) is 19.4 Å². The molecule has 2 aromatic carbocycles. The van der Waals surface area contributed by atoms with Crippen molar-refractivity contribution in [2.75, 3.05) is 7.11 Å². The van der Waals surface area contributed by atoms with Gasteiger partial charge in [-0.05, 0) is 49.1 Å². The quantitative estimate of drug-likeness (QED) is 0.474. The fourth-order valence-electron chi connectivity index (χ4n) is 5.20. The van der Waals surface area contributed by atoms with Crippen LogP contribution in [0.1, 0.15) is 63.0 Å². The molecule has 9 nitrogen and oxygen atoms in total. The summed E-state index contributed by atoms with van der Waals surface area (Å²) in [6, 6.07) is 14.3. The molecule has 1 aliphatic carbocycles. The summed E-state index contributed by atoms with van der Waals surface area (Å²) in [6.45, 7) is 2.30. The highest BCUT2D eigenvalue weighted by atomic mass is 32.2.